The highest BCUT2D eigenvalue weighted by molar-refractivity contribution is 5.96. The van der Waals surface area contributed by atoms with Crippen molar-refractivity contribution in [1.29, 1.82) is 0 Å². The number of ketones is 1. The Morgan fingerprint density at radius 1 is 0.825 bits per heavy atom. The number of Topliss-reactive ketones (excluding diaryl/α,β-unsaturated/α-hetero) is 1. The van der Waals surface area contributed by atoms with Gasteiger partial charge in [-0.2, -0.15) is 0 Å². The minimum Gasteiger partial charge on any atom is -0.456 e. The van der Waals surface area contributed by atoms with Crippen molar-refractivity contribution >= 4 is 35.6 Å². The van der Waals surface area contributed by atoms with E-state index < -0.39 is 113 Å². The number of benzene rings is 3. The van der Waals surface area contributed by atoms with Crippen molar-refractivity contribution in [1.82, 2.24) is 5.32 Å². The SMILES string of the molecule is CC(=O)O[C@H]1C(=O)[C@@]2(C)[C@H]([C@H](OC(=O)c3ccccc3)[C@]3(O)C[C@H](OC(=O)[C@H](O)[C@@H](NC(=O)c4ccccc4)c4ccccc4C)C(C)=C1C3(C)C)[C@]1(OC(C)=O)CO[C@@H]1C[C@@H]2O. The molecule has 2 saturated carbocycles. The van der Waals surface area contributed by atoms with E-state index in [-0.39, 0.29) is 35.3 Å². The van der Waals surface area contributed by atoms with Crippen LogP contribution in [-0.2, 0) is 42.9 Å². The second-order valence-electron chi connectivity index (χ2n) is 17.8. The van der Waals surface area contributed by atoms with Crippen molar-refractivity contribution in [3.05, 3.63) is 118 Å². The summed E-state index contributed by atoms with van der Waals surface area (Å²) < 4.78 is 30.4. The van der Waals surface area contributed by atoms with Gasteiger partial charge in [0.1, 0.15) is 23.9 Å². The van der Waals surface area contributed by atoms with Crippen LogP contribution in [0.1, 0.15) is 92.3 Å². The Kier molecular flexibility index (Phi) is 12.0. The maximum absolute atomic E-state index is 15.5. The summed E-state index contributed by atoms with van der Waals surface area (Å²) in [4.78, 5) is 83.8. The number of aliphatic hydroxyl groups is 3. The number of aryl methyl sites for hydroxylation is 1. The molecule has 1 saturated heterocycles. The van der Waals surface area contributed by atoms with E-state index in [1.165, 1.54) is 26.0 Å². The Balaban J connectivity index is 1.39. The summed E-state index contributed by atoms with van der Waals surface area (Å²) >= 11 is 0. The minimum absolute atomic E-state index is 0.00210. The van der Waals surface area contributed by atoms with Crippen LogP contribution in [-0.4, -0.2) is 105 Å². The van der Waals surface area contributed by atoms with Crippen LogP contribution in [0.5, 0.6) is 0 Å². The van der Waals surface area contributed by atoms with Gasteiger partial charge >= 0.3 is 23.9 Å². The highest BCUT2D eigenvalue weighted by atomic mass is 16.6. The van der Waals surface area contributed by atoms with E-state index in [4.69, 9.17) is 23.7 Å². The molecule has 0 unspecified atom stereocenters. The number of aliphatic hydroxyl groups excluding tert-OH is 2. The van der Waals surface area contributed by atoms with E-state index in [1.54, 1.807) is 93.6 Å². The number of hydrogen-bond donors (Lipinski definition) is 4. The maximum Gasteiger partial charge on any atom is 0.338 e. The standard InChI is InChI=1S/C48H53NO14/c1-25-16-14-15-21-31(25)36(49-42(55)29-17-10-8-11-18-29)37(53)44(57)61-32-23-48(58)41(62-43(56)30-19-12-9-13-20-30)39-46(7,33(52)22-34-47(39,24-59-34)63-28(4)51)40(54)38(60-27(3)50)35(26(32)2)45(48,5)6/h8-21,32-34,36-39,41,52-53,58H,22-24H2,1-7H3,(H,49,55)/t32-,33-,34+,36-,37+,38+,39-,41-,46+,47-,48+/m0/s1. The summed E-state index contributed by atoms with van der Waals surface area (Å²) in [5.74, 6) is -6.83. The molecule has 0 radical (unpaired) electrons. The van der Waals surface area contributed by atoms with Gasteiger partial charge in [0.05, 0.1) is 35.6 Å². The van der Waals surface area contributed by atoms with E-state index >= 15 is 4.79 Å². The largest absolute Gasteiger partial charge is 0.456 e. The lowest BCUT2D eigenvalue weighted by molar-refractivity contribution is -0.346. The number of rotatable bonds is 10. The predicted molar refractivity (Wildman–Crippen MR) is 222 cm³/mol. The van der Waals surface area contributed by atoms with Crippen LogP contribution >= 0.6 is 0 Å². The average molecular weight is 868 g/mol. The van der Waals surface area contributed by atoms with Crippen LogP contribution in [0.4, 0.5) is 0 Å². The number of nitrogens with one attached hydrogen (secondary N) is 1. The van der Waals surface area contributed by atoms with Crippen molar-refractivity contribution in [2.24, 2.45) is 16.7 Å². The zero-order valence-electron chi connectivity index (χ0n) is 36.2. The second-order valence-corrected chi connectivity index (χ2v) is 17.8. The molecule has 15 nitrogen and oxygen atoms in total. The number of fused-ring (bicyclic) bond motifs is 5. The normalized spacial score (nSPS) is 31.6. The van der Waals surface area contributed by atoms with Gasteiger partial charge in [0.15, 0.2) is 23.6 Å². The van der Waals surface area contributed by atoms with Gasteiger partial charge in [-0.1, -0.05) is 74.5 Å². The Morgan fingerprint density at radius 3 is 2.00 bits per heavy atom. The zero-order valence-corrected chi connectivity index (χ0v) is 36.2. The lowest BCUT2D eigenvalue weighted by atomic mass is 9.44. The number of ether oxygens (including phenoxy) is 5. The molecule has 334 valence electrons. The number of amides is 1. The molecule has 0 aromatic heterocycles. The third kappa shape index (κ3) is 7.54. The maximum atomic E-state index is 15.5. The molecule has 11 atom stereocenters. The molecule has 1 aliphatic heterocycles. The van der Waals surface area contributed by atoms with E-state index in [0.29, 0.717) is 11.1 Å². The van der Waals surface area contributed by atoms with Gasteiger partial charge in [0.2, 0.25) is 0 Å². The quantitative estimate of drug-likeness (QED) is 0.128. The molecule has 3 aromatic carbocycles. The van der Waals surface area contributed by atoms with Gasteiger partial charge in [-0.3, -0.25) is 19.2 Å². The van der Waals surface area contributed by atoms with E-state index in [9.17, 15) is 39.3 Å². The van der Waals surface area contributed by atoms with Crippen molar-refractivity contribution in [2.75, 3.05) is 6.61 Å². The topological polar surface area (TPSA) is 221 Å². The van der Waals surface area contributed by atoms with Crippen LogP contribution in [0.25, 0.3) is 0 Å². The average Bonchev–Trinajstić information content (AvgIpc) is 3.24. The lowest BCUT2D eigenvalue weighted by Crippen LogP contribution is -2.82. The summed E-state index contributed by atoms with van der Waals surface area (Å²) in [6.45, 7) is 9.73. The van der Waals surface area contributed by atoms with Crippen LogP contribution in [0.15, 0.2) is 96.1 Å². The van der Waals surface area contributed by atoms with E-state index in [2.05, 4.69) is 5.32 Å². The Morgan fingerprint density at radius 2 is 1.43 bits per heavy atom. The smallest absolute Gasteiger partial charge is 0.338 e. The molecule has 0 spiro atoms. The first kappa shape index (κ1) is 45.3. The Hall–Kier alpha value is -5.74. The third-order valence-electron chi connectivity index (χ3n) is 13.8. The molecule has 63 heavy (non-hydrogen) atoms. The number of carbonyl (C=O) groups excluding carboxylic acids is 6. The fourth-order valence-corrected chi connectivity index (χ4v) is 10.4. The lowest BCUT2D eigenvalue weighted by Gasteiger charge is -2.67. The van der Waals surface area contributed by atoms with E-state index in [1.807, 2.05) is 0 Å². The molecule has 3 aliphatic carbocycles. The van der Waals surface area contributed by atoms with Crippen LogP contribution in [0, 0.1) is 23.7 Å². The molecule has 3 aromatic rings. The summed E-state index contributed by atoms with van der Waals surface area (Å²) in [7, 11) is 0. The van der Waals surface area contributed by atoms with Crippen molar-refractivity contribution < 1.29 is 67.8 Å². The molecular formula is C48H53NO14. The number of esters is 4. The van der Waals surface area contributed by atoms with Gasteiger partial charge in [-0.05, 0) is 67.3 Å². The summed E-state index contributed by atoms with van der Waals surface area (Å²) in [6, 6.07) is 21.5. The summed E-state index contributed by atoms with van der Waals surface area (Å²) in [5.41, 5.74) is -6.34. The summed E-state index contributed by atoms with van der Waals surface area (Å²) in [5, 5.41) is 40.5. The fourth-order valence-electron chi connectivity index (χ4n) is 10.4. The molecule has 2 bridgehead atoms. The molecular weight excluding hydrogens is 815 g/mol. The van der Waals surface area contributed by atoms with Gasteiger partial charge in [-0.15, -0.1) is 0 Å². The third-order valence-corrected chi connectivity index (χ3v) is 13.8. The first-order valence-corrected chi connectivity index (χ1v) is 20.9. The molecule has 1 heterocycles. The number of hydrogen-bond acceptors (Lipinski definition) is 14. The van der Waals surface area contributed by atoms with Crippen molar-refractivity contribution in [2.45, 2.75) is 115 Å². The molecule has 1 amide bonds. The van der Waals surface area contributed by atoms with Gasteiger partial charge < -0.3 is 44.3 Å². The highest BCUT2D eigenvalue weighted by Crippen LogP contribution is 2.64. The van der Waals surface area contributed by atoms with Crippen molar-refractivity contribution in [3.63, 3.8) is 0 Å². The Labute approximate surface area is 364 Å². The molecule has 4 aliphatic rings. The second kappa shape index (κ2) is 16.8. The molecule has 7 rings (SSSR count). The van der Waals surface area contributed by atoms with Gasteiger partial charge in [0.25, 0.3) is 5.91 Å². The highest BCUT2D eigenvalue weighted by Gasteiger charge is 2.78. The first-order chi connectivity index (χ1) is 29.7. The monoisotopic (exact) mass is 867 g/mol. The van der Waals surface area contributed by atoms with Gasteiger partial charge in [0, 0.05) is 37.7 Å². The van der Waals surface area contributed by atoms with Crippen LogP contribution < -0.4 is 5.32 Å². The fraction of sp³-hybridized carbons (Fsp3) is 0.458. The molecule has 4 N–H and O–H groups in total. The predicted octanol–water partition coefficient (Wildman–Crippen LogP) is 4.04. The zero-order chi connectivity index (χ0) is 45.8. The van der Waals surface area contributed by atoms with Crippen LogP contribution in [0.3, 0.4) is 0 Å². The first-order valence-electron chi connectivity index (χ1n) is 20.9. The van der Waals surface area contributed by atoms with Crippen LogP contribution in [0.2, 0.25) is 0 Å². The number of carbonyl (C=O) groups is 6. The summed E-state index contributed by atoms with van der Waals surface area (Å²) in [6.07, 6.45) is -10.5. The molecule has 3 fully saturated rings. The molecule has 15 heteroatoms. The van der Waals surface area contributed by atoms with E-state index in [0.717, 1.165) is 13.8 Å². The minimum atomic E-state index is -2.39. The van der Waals surface area contributed by atoms with Gasteiger partial charge in [-0.25, -0.2) is 9.59 Å². The Bertz CT molecular complexity index is 2350. The van der Waals surface area contributed by atoms with Crippen molar-refractivity contribution in [3.8, 4) is 0 Å².